The van der Waals surface area contributed by atoms with Gasteiger partial charge in [-0.05, 0) is 26.0 Å². The molecule has 0 radical (unpaired) electrons. The lowest BCUT2D eigenvalue weighted by atomic mass is 10.3. The zero-order valence-corrected chi connectivity index (χ0v) is 11.5. The first-order chi connectivity index (χ1) is 7.81. The highest BCUT2D eigenvalue weighted by atomic mass is 32.2. The van der Waals surface area contributed by atoms with Crippen molar-refractivity contribution in [2.24, 2.45) is 0 Å². The van der Waals surface area contributed by atoms with Gasteiger partial charge in [0.05, 0.1) is 6.54 Å². The van der Waals surface area contributed by atoms with Crippen LogP contribution in [0.3, 0.4) is 0 Å². The molecule has 0 unspecified atom stereocenters. The molecule has 17 heavy (non-hydrogen) atoms. The number of hydrogen-bond donors (Lipinski definition) is 2. The van der Waals surface area contributed by atoms with Gasteiger partial charge in [-0.1, -0.05) is 13.8 Å². The third-order valence-corrected chi connectivity index (χ3v) is 3.51. The predicted molar refractivity (Wildman–Crippen MR) is 66.1 cm³/mol. The lowest BCUT2D eigenvalue weighted by Crippen LogP contribution is -2.29. The second-order valence-corrected chi connectivity index (χ2v) is 6.18. The Kier molecular flexibility index (Phi) is 4.73. The van der Waals surface area contributed by atoms with Gasteiger partial charge in [-0.15, -0.1) is 0 Å². The molecule has 2 N–H and O–H groups in total. The first-order valence-corrected chi connectivity index (χ1v) is 7.14. The summed E-state index contributed by atoms with van der Waals surface area (Å²) in [5, 5.41) is 3.12. The first-order valence-electron chi connectivity index (χ1n) is 5.65. The maximum atomic E-state index is 11.8. The fourth-order valence-corrected chi connectivity index (χ4v) is 2.47. The first kappa shape index (κ1) is 14.2. The Hall–Kier alpha value is -0.850. The van der Waals surface area contributed by atoms with E-state index in [-0.39, 0.29) is 11.1 Å². The fourth-order valence-electron chi connectivity index (χ4n) is 1.27. The smallest absolute Gasteiger partial charge is 0.274 e. The van der Waals surface area contributed by atoms with Crippen molar-refractivity contribution in [3.8, 4) is 0 Å². The Morgan fingerprint density at radius 1 is 1.18 bits per heavy atom. The van der Waals surface area contributed by atoms with Gasteiger partial charge in [0.1, 0.15) is 5.76 Å². The highest BCUT2D eigenvalue weighted by Gasteiger charge is 2.19. The molecule has 0 saturated carbocycles. The molecule has 0 aliphatic heterocycles. The van der Waals surface area contributed by atoms with Crippen LogP contribution in [-0.2, 0) is 16.6 Å². The van der Waals surface area contributed by atoms with E-state index in [4.69, 9.17) is 4.42 Å². The molecule has 0 bridgehead atoms. The van der Waals surface area contributed by atoms with Gasteiger partial charge in [0, 0.05) is 12.1 Å². The van der Waals surface area contributed by atoms with Crippen molar-refractivity contribution >= 4 is 10.0 Å². The summed E-state index contributed by atoms with van der Waals surface area (Å²) in [6.07, 6.45) is 0. The number of furan rings is 1. The summed E-state index contributed by atoms with van der Waals surface area (Å²) >= 11 is 0. The highest BCUT2D eigenvalue weighted by molar-refractivity contribution is 7.89. The van der Waals surface area contributed by atoms with Crippen LogP contribution in [0.15, 0.2) is 21.6 Å². The molecule has 0 spiro atoms. The minimum atomic E-state index is -3.52. The lowest BCUT2D eigenvalue weighted by molar-refractivity contribution is 0.392. The highest BCUT2D eigenvalue weighted by Crippen LogP contribution is 2.14. The van der Waals surface area contributed by atoms with E-state index in [1.807, 2.05) is 13.8 Å². The minimum absolute atomic E-state index is 0.0354. The molecule has 0 atom stereocenters. The normalized spacial score (nSPS) is 12.6. The number of rotatable bonds is 6. The average Bonchev–Trinajstić information content (AvgIpc) is 2.61. The van der Waals surface area contributed by atoms with Gasteiger partial charge in [0.2, 0.25) is 5.09 Å². The van der Waals surface area contributed by atoms with E-state index in [0.29, 0.717) is 18.3 Å². The fraction of sp³-hybridized carbons (Fsp3) is 0.636. The van der Waals surface area contributed by atoms with Gasteiger partial charge < -0.3 is 9.73 Å². The number of nitrogens with one attached hydrogen (secondary N) is 2. The maximum absolute atomic E-state index is 11.8. The molecule has 5 nitrogen and oxygen atoms in total. The van der Waals surface area contributed by atoms with Crippen LogP contribution in [0.2, 0.25) is 0 Å². The van der Waals surface area contributed by atoms with Crippen molar-refractivity contribution in [1.29, 1.82) is 0 Å². The topological polar surface area (TPSA) is 71.3 Å². The summed E-state index contributed by atoms with van der Waals surface area (Å²) in [5.41, 5.74) is 0. The summed E-state index contributed by atoms with van der Waals surface area (Å²) in [5.74, 6) is 0.614. The molecule has 0 aliphatic carbocycles. The van der Waals surface area contributed by atoms with Crippen molar-refractivity contribution < 1.29 is 12.8 Å². The monoisotopic (exact) mass is 260 g/mol. The van der Waals surface area contributed by atoms with E-state index in [2.05, 4.69) is 10.0 Å². The van der Waals surface area contributed by atoms with Crippen molar-refractivity contribution in [1.82, 2.24) is 10.0 Å². The van der Waals surface area contributed by atoms with E-state index >= 15 is 0 Å². The number of sulfonamides is 1. The van der Waals surface area contributed by atoms with Gasteiger partial charge in [-0.2, -0.15) is 0 Å². The summed E-state index contributed by atoms with van der Waals surface area (Å²) in [4.78, 5) is 0. The van der Waals surface area contributed by atoms with Gasteiger partial charge in [-0.25, -0.2) is 13.1 Å². The maximum Gasteiger partial charge on any atom is 0.274 e. The second kappa shape index (κ2) is 5.66. The van der Waals surface area contributed by atoms with Crippen molar-refractivity contribution in [3.05, 3.63) is 17.9 Å². The summed E-state index contributed by atoms with van der Waals surface area (Å²) in [6.45, 7) is 8.08. The molecule has 1 aromatic heterocycles. The molecule has 1 heterocycles. The summed E-state index contributed by atoms with van der Waals surface area (Å²) in [7, 11) is -3.52. The molecule has 0 aromatic carbocycles. The molecule has 0 aliphatic rings. The Morgan fingerprint density at radius 3 is 2.35 bits per heavy atom. The van der Waals surface area contributed by atoms with Crippen LogP contribution in [0.25, 0.3) is 0 Å². The zero-order valence-electron chi connectivity index (χ0n) is 10.6. The molecule has 6 heteroatoms. The minimum Gasteiger partial charge on any atom is -0.447 e. The molecule has 1 rings (SSSR count). The third kappa shape index (κ3) is 4.49. The van der Waals surface area contributed by atoms with E-state index < -0.39 is 10.0 Å². The van der Waals surface area contributed by atoms with Crippen LogP contribution in [0.5, 0.6) is 0 Å². The molecule has 0 saturated heterocycles. The van der Waals surface area contributed by atoms with E-state index in [0.717, 1.165) is 0 Å². The molecular formula is C11H20N2O3S. The van der Waals surface area contributed by atoms with Crippen molar-refractivity contribution in [2.75, 3.05) is 0 Å². The molecule has 0 fully saturated rings. The standard InChI is InChI=1S/C11H20N2O3S/c1-8(2)12-7-10-5-6-11(16-10)17(14,15)13-9(3)4/h5-6,8-9,12-13H,7H2,1-4H3. The molecule has 98 valence electrons. The van der Waals surface area contributed by atoms with Crippen LogP contribution in [-0.4, -0.2) is 20.5 Å². The quantitative estimate of drug-likeness (QED) is 0.812. The van der Waals surface area contributed by atoms with Gasteiger partial charge in [0.25, 0.3) is 10.0 Å². The molecule has 1 aromatic rings. The third-order valence-electron chi connectivity index (χ3n) is 1.98. The van der Waals surface area contributed by atoms with Crippen molar-refractivity contribution in [2.45, 2.75) is 51.4 Å². The van der Waals surface area contributed by atoms with E-state index in [1.54, 1.807) is 19.9 Å². The summed E-state index contributed by atoms with van der Waals surface area (Å²) < 4.78 is 31.3. The van der Waals surface area contributed by atoms with Crippen molar-refractivity contribution in [3.63, 3.8) is 0 Å². The van der Waals surface area contributed by atoms with Gasteiger partial charge in [-0.3, -0.25) is 0 Å². The van der Waals surface area contributed by atoms with Gasteiger partial charge in [0.15, 0.2) is 0 Å². The Balaban J connectivity index is 2.74. The Labute approximate surface area is 103 Å². The van der Waals surface area contributed by atoms with Crippen LogP contribution < -0.4 is 10.0 Å². The van der Waals surface area contributed by atoms with Crippen LogP contribution in [0.1, 0.15) is 33.5 Å². The SMILES string of the molecule is CC(C)NCc1ccc(S(=O)(=O)NC(C)C)o1. The van der Waals surface area contributed by atoms with E-state index in [1.165, 1.54) is 6.07 Å². The second-order valence-electron chi connectivity index (χ2n) is 4.53. The van der Waals surface area contributed by atoms with Crippen LogP contribution in [0.4, 0.5) is 0 Å². The Morgan fingerprint density at radius 2 is 1.82 bits per heavy atom. The number of hydrogen-bond acceptors (Lipinski definition) is 4. The lowest BCUT2D eigenvalue weighted by Gasteiger charge is -2.07. The average molecular weight is 260 g/mol. The Bertz CT molecular complexity index is 449. The van der Waals surface area contributed by atoms with Crippen LogP contribution in [0, 0.1) is 0 Å². The van der Waals surface area contributed by atoms with Crippen LogP contribution >= 0.6 is 0 Å². The molecule has 0 amide bonds. The largest absolute Gasteiger partial charge is 0.447 e. The summed E-state index contributed by atoms with van der Waals surface area (Å²) in [6, 6.07) is 3.32. The van der Waals surface area contributed by atoms with E-state index in [9.17, 15) is 8.42 Å². The zero-order chi connectivity index (χ0) is 13.1. The molecular weight excluding hydrogens is 240 g/mol. The predicted octanol–water partition coefficient (Wildman–Crippen LogP) is 1.46. The van der Waals surface area contributed by atoms with Gasteiger partial charge >= 0.3 is 0 Å².